The molecule has 6 nitrogen and oxygen atoms in total. The lowest BCUT2D eigenvalue weighted by Gasteiger charge is -2.11. The van der Waals surface area contributed by atoms with Crippen molar-refractivity contribution in [1.29, 1.82) is 0 Å². The van der Waals surface area contributed by atoms with Gasteiger partial charge in [-0.15, -0.1) is 0 Å². The van der Waals surface area contributed by atoms with Gasteiger partial charge in [0.25, 0.3) is 5.56 Å². The molecule has 0 saturated heterocycles. The van der Waals surface area contributed by atoms with E-state index in [-0.39, 0.29) is 15.7 Å². The van der Waals surface area contributed by atoms with Crippen molar-refractivity contribution in [2.24, 2.45) is 7.05 Å². The molecule has 0 N–H and O–H groups in total. The monoisotopic (exact) mass is 355 g/mol. The Morgan fingerprint density at radius 1 is 1.35 bits per heavy atom. The Hall–Kier alpha value is -1.73. The maximum Gasteiger partial charge on any atom is 0.269 e. The van der Waals surface area contributed by atoms with E-state index >= 15 is 0 Å². The van der Waals surface area contributed by atoms with Crippen LogP contribution in [0.2, 0.25) is 5.02 Å². The van der Waals surface area contributed by atoms with Gasteiger partial charge in [0.1, 0.15) is 5.02 Å². The molecule has 0 unspecified atom stereocenters. The van der Waals surface area contributed by atoms with Gasteiger partial charge in [0.2, 0.25) is 15.0 Å². The van der Waals surface area contributed by atoms with E-state index in [1.807, 2.05) is 0 Å². The fourth-order valence-electron chi connectivity index (χ4n) is 2.17. The summed E-state index contributed by atoms with van der Waals surface area (Å²) in [6, 6.07) is 1.51. The summed E-state index contributed by atoms with van der Waals surface area (Å²) in [7, 11) is -1.94. The van der Waals surface area contributed by atoms with Crippen molar-refractivity contribution in [2.45, 2.75) is 31.3 Å². The minimum absolute atomic E-state index is 0.0611. The van der Waals surface area contributed by atoms with Crippen molar-refractivity contribution in [3.05, 3.63) is 39.4 Å². The Labute approximate surface area is 140 Å². The van der Waals surface area contributed by atoms with Gasteiger partial charge in [-0.25, -0.2) is 18.4 Å². The number of aryl methyl sites for hydroxylation is 2. The van der Waals surface area contributed by atoms with Crippen LogP contribution in [0.15, 0.2) is 28.4 Å². The average Bonchev–Trinajstić information content (AvgIpc) is 2.49. The van der Waals surface area contributed by atoms with Gasteiger partial charge in [-0.2, -0.15) is 0 Å². The van der Waals surface area contributed by atoms with Gasteiger partial charge in [0, 0.05) is 31.3 Å². The molecule has 2 aromatic heterocycles. The molecule has 0 amide bonds. The molecule has 23 heavy (non-hydrogen) atoms. The summed E-state index contributed by atoms with van der Waals surface area (Å²) in [5, 5.41) is -0.177. The summed E-state index contributed by atoms with van der Waals surface area (Å²) < 4.78 is 24.8. The molecule has 0 bridgehead atoms. The van der Waals surface area contributed by atoms with Crippen LogP contribution in [-0.4, -0.2) is 29.2 Å². The Bertz CT molecular complexity index is 865. The summed E-state index contributed by atoms with van der Waals surface area (Å²) >= 11 is 5.96. The third-order valence-electron chi connectivity index (χ3n) is 3.39. The lowest BCUT2D eigenvalue weighted by Crippen LogP contribution is -2.17. The first-order valence-electron chi connectivity index (χ1n) is 7.16. The summed E-state index contributed by atoms with van der Waals surface area (Å²) in [6.07, 6.45) is 6.82. The van der Waals surface area contributed by atoms with Crippen LogP contribution < -0.4 is 5.56 Å². The van der Waals surface area contributed by atoms with E-state index in [0.717, 1.165) is 31.1 Å². The number of hydrogen-bond donors (Lipinski definition) is 0. The minimum Gasteiger partial charge on any atom is -0.317 e. The van der Waals surface area contributed by atoms with Crippen molar-refractivity contribution in [2.75, 3.05) is 6.26 Å². The number of pyridine rings is 1. The molecule has 0 spiro atoms. The SMILES string of the molecule is CCCCc1cnc(S(C)(=O)=O)nc1-c1cc(Cl)c(=O)n(C)c1. The van der Waals surface area contributed by atoms with Crippen LogP contribution >= 0.6 is 11.6 Å². The number of nitrogens with zero attached hydrogens (tertiary/aromatic N) is 3. The van der Waals surface area contributed by atoms with E-state index in [4.69, 9.17) is 11.6 Å². The highest BCUT2D eigenvalue weighted by Crippen LogP contribution is 2.24. The van der Waals surface area contributed by atoms with Crippen LogP contribution in [0.4, 0.5) is 0 Å². The highest BCUT2D eigenvalue weighted by Gasteiger charge is 2.17. The van der Waals surface area contributed by atoms with Gasteiger partial charge in [0.15, 0.2) is 0 Å². The Morgan fingerprint density at radius 2 is 2.04 bits per heavy atom. The Balaban J connectivity index is 2.68. The minimum atomic E-state index is -3.52. The molecule has 0 saturated carbocycles. The quantitative estimate of drug-likeness (QED) is 0.768. The zero-order valence-corrected chi connectivity index (χ0v) is 14.8. The molecule has 0 radical (unpaired) electrons. The van der Waals surface area contributed by atoms with Crippen LogP contribution in [0.25, 0.3) is 11.3 Å². The zero-order chi connectivity index (χ0) is 17.2. The van der Waals surface area contributed by atoms with Gasteiger partial charge < -0.3 is 4.57 Å². The Kier molecular flexibility index (Phi) is 5.21. The molecule has 0 aliphatic heterocycles. The Morgan fingerprint density at radius 3 is 2.61 bits per heavy atom. The number of sulfone groups is 1. The second-order valence-corrected chi connectivity index (χ2v) is 7.71. The lowest BCUT2D eigenvalue weighted by atomic mass is 10.0. The number of hydrogen-bond acceptors (Lipinski definition) is 5. The molecule has 8 heteroatoms. The normalized spacial score (nSPS) is 11.7. The molecule has 0 aliphatic rings. The van der Waals surface area contributed by atoms with Gasteiger partial charge in [-0.05, 0) is 24.5 Å². The molecule has 0 aliphatic carbocycles. The van der Waals surface area contributed by atoms with Crippen molar-refractivity contribution in [3.63, 3.8) is 0 Å². The first kappa shape index (κ1) is 17.6. The number of unbranched alkanes of at least 4 members (excludes halogenated alkanes) is 1. The second kappa shape index (κ2) is 6.80. The van der Waals surface area contributed by atoms with E-state index < -0.39 is 9.84 Å². The van der Waals surface area contributed by atoms with Crippen molar-refractivity contribution >= 4 is 21.4 Å². The van der Waals surface area contributed by atoms with E-state index in [1.54, 1.807) is 13.2 Å². The molecule has 2 heterocycles. The zero-order valence-electron chi connectivity index (χ0n) is 13.2. The van der Waals surface area contributed by atoms with E-state index in [9.17, 15) is 13.2 Å². The largest absolute Gasteiger partial charge is 0.317 e. The van der Waals surface area contributed by atoms with E-state index in [1.165, 1.54) is 16.8 Å². The standard InChI is InChI=1S/C15H18ClN3O3S/c1-4-5-6-10-8-17-15(23(3,21)22)18-13(10)11-7-12(16)14(20)19(2)9-11/h7-9H,4-6H2,1-3H3. The summed E-state index contributed by atoms with van der Waals surface area (Å²) in [5.74, 6) is 0. The number of rotatable bonds is 5. The molecule has 0 aromatic carbocycles. The highest BCUT2D eigenvalue weighted by atomic mass is 35.5. The predicted octanol–water partition coefficient (Wildman–Crippen LogP) is 2.24. The maximum atomic E-state index is 11.7. The fourth-order valence-corrected chi connectivity index (χ4v) is 2.92. The smallest absolute Gasteiger partial charge is 0.269 e. The van der Waals surface area contributed by atoms with Crippen LogP contribution in [0, 0.1) is 0 Å². The third-order valence-corrected chi connectivity index (χ3v) is 4.52. The van der Waals surface area contributed by atoms with Crippen LogP contribution in [-0.2, 0) is 23.3 Å². The third kappa shape index (κ3) is 3.97. The molecule has 0 fully saturated rings. The molecular weight excluding hydrogens is 338 g/mol. The van der Waals surface area contributed by atoms with Crippen LogP contribution in [0.5, 0.6) is 0 Å². The molecule has 2 aromatic rings. The van der Waals surface area contributed by atoms with Crippen molar-refractivity contribution in [1.82, 2.24) is 14.5 Å². The predicted molar refractivity (Wildman–Crippen MR) is 89.4 cm³/mol. The second-order valence-electron chi connectivity index (χ2n) is 5.39. The summed E-state index contributed by atoms with van der Waals surface area (Å²) in [4.78, 5) is 19.9. The first-order chi connectivity index (χ1) is 10.7. The van der Waals surface area contributed by atoms with Crippen molar-refractivity contribution < 1.29 is 8.42 Å². The van der Waals surface area contributed by atoms with Gasteiger partial charge in [0.05, 0.1) is 5.69 Å². The first-order valence-corrected chi connectivity index (χ1v) is 9.43. The summed E-state index contributed by atoms with van der Waals surface area (Å²) in [5.41, 5.74) is 1.60. The van der Waals surface area contributed by atoms with Gasteiger partial charge >= 0.3 is 0 Å². The van der Waals surface area contributed by atoms with E-state index in [0.29, 0.717) is 11.3 Å². The van der Waals surface area contributed by atoms with Gasteiger partial charge in [-0.3, -0.25) is 4.79 Å². The van der Waals surface area contributed by atoms with E-state index in [2.05, 4.69) is 16.9 Å². The molecule has 0 atom stereocenters. The lowest BCUT2D eigenvalue weighted by molar-refractivity contribution is 0.592. The fraction of sp³-hybridized carbons (Fsp3) is 0.400. The molecule has 124 valence electrons. The van der Waals surface area contributed by atoms with Crippen LogP contribution in [0.1, 0.15) is 25.3 Å². The number of halogens is 1. The molecule has 2 rings (SSSR count). The highest BCUT2D eigenvalue weighted by molar-refractivity contribution is 7.90. The average molecular weight is 356 g/mol. The number of aromatic nitrogens is 3. The maximum absolute atomic E-state index is 11.7. The van der Waals surface area contributed by atoms with Gasteiger partial charge in [-0.1, -0.05) is 24.9 Å². The van der Waals surface area contributed by atoms with Crippen LogP contribution in [0.3, 0.4) is 0 Å². The topological polar surface area (TPSA) is 81.9 Å². The molecular formula is C15H18ClN3O3S. The summed E-state index contributed by atoms with van der Waals surface area (Å²) in [6.45, 7) is 2.06. The van der Waals surface area contributed by atoms with Crippen molar-refractivity contribution in [3.8, 4) is 11.3 Å².